The SMILES string of the molecule is CC(C)CN(Cc1ccccn1)C(=O)NCC1CCN(C(C)C)C1. The lowest BCUT2D eigenvalue weighted by molar-refractivity contribution is 0.185. The molecule has 134 valence electrons. The number of nitrogens with one attached hydrogen (secondary N) is 1. The number of carbonyl (C=O) groups excluding carboxylic acids is 1. The molecule has 5 nitrogen and oxygen atoms in total. The molecule has 0 spiro atoms. The van der Waals surface area contributed by atoms with Crippen LogP contribution in [0.1, 0.15) is 39.8 Å². The van der Waals surface area contributed by atoms with E-state index in [2.05, 4.69) is 42.9 Å². The Hall–Kier alpha value is -1.62. The van der Waals surface area contributed by atoms with E-state index in [-0.39, 0.29) is 6.03 Å². The van der Waals surface area contributed by atoms with Gasteiger partial charge in [-0.2, -0.15) is 0 Å². The van der Waals surface area contributed by atoms with Crippen LogP contribution >= 0.6 is 0 Å². The number of rotatable bonds is 7. The quantitative estimate of drug-likeness (QED) is 0.835. The fourth-order valence-corrected chi connectivity index (χ4v) is 3.19. The fraction of sp³-hybridized carbons (Fsp3) is 0.684. The first-order chi connectivity index (χ1) is 11.5. The maximum absolute atomic E-state index is 12.6. The number of hydrogen-bond donors (Lipinski definition) is 1. The van der Waals surface area contributed by atoms with Crippen molar-refractivity contribution in [1.29, 1.82) is 0 Å². The van der Waals surface area contributed by atoms with Crippen molar-refractivity contribution >= 4 is 6.03 Å². The van der Waals surface area contributed by atoms with E-state index in [0.717, 1.165) is 31.9 Å². The Labute approximate surface area is 146 Å². The summed E-state index contributed by atoms with van der Waals surface area (Å²) in [4.78, 5) is 21.3. The minimum Gasteiger partial charge on any atom is -0.338 e. The molecule has 0 bridgehead atoms. The van der Waals surface area contributed by atoms with Gasteiger partial charge in [-0.1, -0.05) is 19.9 Å². The summed E-state index contributed by atoms with van der Waals surface area (Å²) in [7, 11) is 0. The van der Waals surface area contributed by atoms with Crippen molar-refractivity contribution in [2.45, 2.75) is 46.7 Å². The summed E-state index contributed by atoms with van der Waals surface area (Å²) in [5.41, 5.74) is 0.931. The molecule has 0 aromatic carbocycles. The van der Waals surface area contributed by atoms with Gasteiger partial charge in [0.15, 0.2) is 0 Å². The summed E-state index contributed by atoms with van der Waals surface area (Å²) >= 11 is 0. The summed E-state index contributed by atoms with van der Waals surface area (Å²) in [5, 5.41) is 3.14. The Morgan fingerprint density at radius 2 is 2.17 bits per heavy atom. The van der Waals surface area contributed by atoms with Crippen LogP contribution in [0.4, 0.5) is 4.79 Å². The monoisotopic (exact) mass is 332 g/mol. The molecule has 1 N–H and O–H groups in total. The van der Waals surface area contributed by atoms with Crippen LogP contribution in [0.15, 0.2) is 24.4 Å². The van der Waals surface area contributed by atoms with E-state index in [4.69, 9.17) is 0 Å². The smallest absolute Gasteiger partial charge is 0.317 e. The van der Waals surface area contributed by atoms with Gasteiger partial charge < -0.3 is 15.1 Å². The number of carbonyl (C=O) groups is 1. The van der Waals surface area contributed by atoms with E-state index in [9.17, 15) is 4.79 Å². The van der Waals surface area contributed by atoms with E-state index in [1.54, 1.807) is 6.20 Å². The lowest BCUT2D eigenvalue weighted by atomic mass is 10.1. The molecule has 1 saturated heterocycles. The Bertz CT molecular complexity index is 503. The summed E-state index contributed by atoms with van der Waals surface area (Å²) in [6.45, 7) is 13.0. The van der Waals surface area contributed by atoms with Crippen molar-refractivity contribution in [3.63, 3.8) is 0 Å². The number of aromatic nitrogens is 1. The molecule has 2 heterocycles. The van der Waals surface area contributed by atoms with Crippen LogP contribution in [0.5, 0.6) is 0 Å². The standard InChI is InChI=1S/C19H32N4O/c1-15(2)12-23(14-18-7-5-6-9-20-18)19(24)21-11-17-8-10-22(13-17)16(3)4/h5-7,9,15-17H,8,10-14H2,1-4H3,(H,21,24). The fourth-order valence-electron chi connectivity index (χ4n) is 3.19. The molecule has 1 aromatic heterocycles. The molecule has 1 unspecified atom stereocenters. The molecule has 1 aliphatic rings. The largest absolute Gasteiger partial charge is 0.338 e. The van der Waals surface area contributed by atoms with Gasteiger partial charge >= 0.3 is 6.03 Å². The van der Waals surface area contributed by atoms with E-state index in [1.165, 1.54) is 6.42 Å². The van der Waals surface area contributed by atoms with Crippen molar-refractivity contribution in [2.75, 3.05) is 26.2 Å². The second kappa shape index (κ2) is 9.02. The third kappa shape index (κ3) is 5.78. The first-order valence-corrected chi connectivity index (χ1v) is 9.12. The summed E-state index contributed by atoms with van der Waals surface area (Å²) in [6, 6.07) is 6.45. The Morgan fingerprint density at radius 3 is 2.75 bits per heavy atom. The second-order valence-electron chi connectivity index (χ2n) is 7.52. The van der Waals surface area contributed by atoms with Gasteiger partial charge in [0, 0.05) is 31.9 Å². The third-order valence-electron chi connectivity index (χ3n) is 4.54. The predicted octanol–water partition coefficient (Wildman–Crippen LogP) is 2.98. The van der Waals surface area contributed by atoms with Gasteiger partial charge in [0.05, 0.1) is 12.2 Å². The minimum atomic E-state index is 0.0253. The number of pyridine rings is 1. The van der Waals surface area contributed by atoms with Crippen LogP contribution in [-0.4, -0.2) is 53.0 Å². The molecule has 2 amide bonds. The molecule has 24 heavy (non-hydrogen) atoms. The molecule has 1 aliphatic heterocycles. The van der Waals surface area contributed by atoms with Crippen LogP contribution in [-0.2, 0) is 6.54 Å². The first-order valence-electron chi connectivity index (χ1n) is 9.12. The molecule has 0 radical (unpaired) electrons. The summed E-state index contributed by atoms with van der Waals surface area (Å²) < 4.78 is 0. The zero-order valence-electron chi connectivity index (χ0n) is 15.5. The summed E-state index contributed by atoms with van der Waals surface area (Å²) in [5.74, 6) is 0.995. The highest BCUT2D eigenvalue weighted by Gasteiger charge is 2.25. The topological polar surface area (TPSA) is 48.5 Å². The van der Waals surface area contributed by atoms with Gasteiger partial charge in [0.2, 0.25) is 0 Å². The average molecular weight is 332 g/mol. The molecule has 0 aliphatic carbocycles. The molecule has 1 fully saturated rings. The maximum atomic E-state index is 12.6. The van der Waals surface area contributed by atoms with Crippen molar-refractivity contribution in [1.82, 2.24) is 20.1 Å². The number of urea groups is 1. The first kappa shape index (κ1) is 18.7. The predicted molar refractivity (Wildman–Crippen MR) is 97.7 cm³/mol. The van der Waals surface area contributed by atoms with Gasteiger partial charge in [-0.25, -0.2) is 4.79 Å². The normalized spacial score (nSPS) is 18.3. The lowest BCUT2D eigenvalue weighted by Crippen LogP contribution is -2.43. The minimum absolute atomic E-state index is 0.0253. The molecular weight excluding hydrogens is 300 g/mol. The van der Waals surface area contributed by atoms with E-state index >= 15 is 0 Å². The van der Waals surface area contributed by atoms with Crippen LogP contribution in [0.2, 0.25) is 0 Å². The lowest BCUT2D eigenvalue weighted by Gasteiger charge is -2.25. The average Bonchev–Trinajstić information content (AvgIpc) is 3.02. The molecule has 1 aromatic rings. The van der Waals surface area contributed by atoms with Crippen LogP contribution in [0.3, 0.4) is 0 Å². The van der Waals surface area contributed by atoms with Crippen molar-refractivity contribution in [2.24, 2.45) is 11.8 Å². The van der Waals surface area contributed by atoms with Crippen molar-refractivity contribution < 1.29 is 4.79 Å². The molecule has 2 rings (SSSR count). The zero-order chi connectivity index (χ0) is 17.5. The number of hydrogen-bond acceptors (Lipinski definition) is 3. The summed E-state index contributed by atoms with van der Waals surface area (Å²) in [6.07, 6.45) is 2.95. The Balaban J connectivity index is 1.86. The Kier molecular flexibility index (Phi) is 7.03. The van der Waals surface area contributed by atoms with E-state index in [0.29, 0.717) is 24.4 Å². The van der Waals surface area contributed by atoms with Gasteiger partial charge in [0.25, 0.3) is 0 Å². The van der Waals surface area contributed by atoms with Crippen molar-refractivity contribution in [3.05, 3.63) is 30.1 Å². The third-order valence-corrected chi connectivity index (χ3v) is 4.54. The highest BCUT2D eigenvalue weighted by atomic mass is 16.2. The van der Waals surface area contributed by atoms with Gasteiger partial charge in [-0.3, -0.25) is 4.98 Å². The zero-order valence-corrected chi connectivity index (χ0v) is 15.5. The number of likely N-dealkylation sites (tertiary alicyclic amines) is 1. The van der Waals surface area contributed by atoms with Crippen LogP contribution < -0.4 is 5.32 Å². The molecule has 1 atom stereocenters. The number of nitrogens with zero attached hydrogens (tertiary/aromatic N) is 3. The van der Waals surface area contributed by atoms with Gasteiger partial charge in [-0.05, 0) is 50.8 Å². The van der Waals surface area contributed by atoms with Crippen molar-refractivity contribution in [3.8, 4) is 0 Å². The van der Waals surface area contributed by atoms with E-state index < -0.39 is 0 Å². The second-order valence-corrected chi connectivity index (χ2v) is 7.52. The van der Waals surface area contributed by atoms with E-state index in [1.807, 2.05) is 23.1 Å². The van der Waals surface area contributed by atoms with Crippen LogP contribution in [0.25, 0.3) is 0 Å². The Morgan fingerprint density at radius 1 is 1.38 bits per heavy atom. The highest BCUT2D eigenvalue weighted by Crippen LogP contribution is 2.17. The van der Waals surface area contributed by atoms with Gasteiger partial charge in [-0.15, -0.1) is 0 Å². The maximum Gasteiger partial charge on any atom is 0.317 e. The molecular formula is C19H32N4O. The van der Waals surface area contributed by atoms with Gasteiger partial charge in [0.1, 0.15) is 0 Å². The molecule has 5 heteroatoms. The van der Waals surface area contributed by atoms with Crippen LogP contribution in [0, 0.1) is 11.8 Å². The molecule has 0 saturated carbocycles. The number of amides is 2. The highest BCUT2D eigenvalue weighted by molar-refractivity contribution is 5.74.